The highest BCUT2D eigenvalue weighted by molar-refractivity contribution is 5.41. The second kappa shape index (κ2) is 5.38. The first-order chi connectivity index (χ1) is 7.77. The van der Waals surface area contributed by atoms with Crippen LogP contribution in [0, 0.1) is 5.92 Å². The Kier molecular flexibility index (Phi) is 3.87. The van der Waals surface area contributed by atoms with E-state index in [9.17, 15) is 0 Å². The third kappa shape index (κ3) is 2.78. The molecule has 1 aliphatic rings. The summed E-state index contributed by atoms with van der Waals surface area (Å²) in [6, 6.07) is 8.43. The van der Waals surface area contributed by atoms with E-state index in [-0.39, 0.29) is 0 Å². The van der Waals surface area contributed by atoms with Crippen molar-refractivity contribution in [3.05, 3.63) is 29.8 Å². The Labute approximate surface area is 99.0 Å². The number of hydrogen-bond acceptors (Lipinski definition) is 1. The highest BCUT2D eigenvalue weighted by atomic mass is 14.5. The van der Waals surface area contributed by atoms with Gasteiger partial charge in [0.25, 0.3) is 0 Å². The molecule has 88 valence electrons. The van der Waals surface area contributed by atoms with Crippen molar-refractivity contribution in [3.8, 4) is 0 Å². The molecule has 1 fully saturated rings. The smallest absolute Gasteiger partial charge is 0.0316 e. The number of anilines is 1. The first-order valence-electron chi connectivity index (χ1n) is 6.63. The fourth-order valence-corrected chi connectivity index (χ4v) is 2.93. The van der Waals surface area contributed by atoms with Crippen LogP contribution in [0.3, 0.4) is 0 Å². The van der Waals surface area contributed by atoms with E-state index >= 15 is 0 Å². The van der Waals surface area contributed by atoms with Crippen molar-refractivity contribution >= 4 is 5.69 Å². The molecule has 0 aromatic heterocycles. The van der Waals surface area contributed by atoms with Crippen molar-refractivity contribution in [2.75, 3.05) is 5.73 Å². The summed E-state index contributed by atoms with van der Waals surface area (Å²) >= 11 is 0. The largest absolute Gasteiger partial charge is 0.399 e. The Morgan fingerprint density at radius 2 is 1.81 bits per heavy atom. The van der Waals surface area contributed by atoms with Gasteiger partial charge in [0.1, 0.15) is 0 Å². The molecular formula is C15H23N. The SMILES string of the molecule is CC(c1cccc(N)c1)C1CCCCCC1. The maximum atomic E-state index is 5.86. The second-order valence-electron chi connectivity index (χ2n) is 5.21. The van der Waals surface area contributed by atoms with Crippen LogP contribution in [0.25, 0.3) is 0 Å². The van der Waals surface area contributed by atoms with Gasteiger partial charge in [-0.15, -0.1) is 0 Å². The average Bonchev–Trinajstić information content (AvgIpc) is 2.56. The number of nitrogen functional groups attached to an aromatic ring is 1. The normalized spacial score (nSPS) is 20.3. The van der Waals surface area contributed by atoms with Crippen LogP contribution in [0.4, 0.5) is 5.69 Å². The van der Waals surface area contributed by atoms with Gasteiger partial charge in [-0.1, -0.05) is 44.7 Å². The molecule has 0 aliphatic heterocycles. The van der Waals surface area contributed by atoms with E-state index in [1.165, 1.54) is 44.1 Å². The van der Waals surface area contributed by atoms with Gasteiger partial charge in [0.2, 0.25) is 0 Å². The third-order valence-electron chi connectivity index (χ3n) is 4.04. The molecule has 16 heavy (non-hydrogen) atoms. The van der Waals surface area contributed by atoms with Crippen LogP contribution in [0.1, 0.15) is 56.9 Å². The molecule has 0 bridgehead atoms. The summed E-state index contributed by atoms with van der Waals surface area (Å²) in [5.74, 6) is 1.53. The van der Waals surface area contributed by atoms with Gasteiger partial charge < -0.3 is 5.73 Å². The van der Waals surface area contributed by atoms with Gasteiger partial charge in [-0.2, -0.15) is 0 Å². The molecule has 1 heteroatoms. The van der Waals surface area contributed by atoms with Crippen LogP contribution < -0.4 is 5.73 Å². The van der Waals surface area contributed by atoms with Gasteiger partial charge >= 0.3 is 0 Å². The van der Waals surface area contributed by atoms with Crippen LogP contribution in [0.2, 0.25) is 0 Å². The average molecular weight is 217 g/mol. The minimum atomic E-state index is 0.668. The molecule has 0 spiro atoms. The van der Waals surface area contributed by atoms with E-state index in [1.54, 1.807) is 0 Å². The van der Waals surface area contributed by atoms with Gasteiger partial charge in [-0.25, -0.2) is 0 Å². The number of nitrogens with two attached hydrogens (primary N) is 1. The maximum absolute atomic E-state index is 5.86. The highest BCUT2D eigenvalue weighted by Crippen LogP contribution is 2.35. The monoisotopic (exact) mass is 217 g/mol. The Morgan fingerprint density at radius 1 is 1.12 bits per heavy atom. The zero-order valence-electron chi connectivity index (χ0n) is 10.3. The molecule has 1 saturated carbocycles. The van der Waals surface area contributed by atoms with E-state index < -0.39 is 0 Å². The molecule has 1 aromatic rings. The Balaban J connectivity index is 2.07. The lowest BCUT2D eigenvalue weighted by Crippen LogP contribution is -2.09. The van der Waals surface area contributed by atoms with Crippen LogP contribution in [0.5, 0.6) is 0 Å². The zero-order valence-corrected chi connectivity index (χ0v) is 10.3. The second-order valence-corrected chi connectivity index (χ2v) is 5.21. The lowest BCUT2D eigenvalue weighted by Gasteiger charge is -2.23. The Hall–Kier alpha value is -0.980. The predicted octanol–water partition coefficient (Wildman–Crippen LogP) is 4.34. The third-order valence-corrected chi connectivity index (χ3v) is 4.04. The molecule has 1 unspecified atom stereocenters. The first-order valence-corrected chi connectivity index (χ1v) is 6.63. The molecule has 0 radical (unpaired) electrons. The van der Waals surface area contributed by atoms with Crippen molar-refractivity contribution in [2.24, 2.45) is 5.92 Å². The molecular weight excluding hydrogens is 194 g/mol. The number of hydrogen-bond donors (Lipinski definition) is 1. The van der Waals surface area contributed by atoms with Gasteiger partial charge in [-0.3, -0.25) is 0 Å². The Bertz CT molecular complexity index is 324. The van der Waals surface area contributed by atoms with Crippen LogP contribution in [0.15, 0.2) is 24.3 Å². The molecule has 1 nitrogen and oxygen atoms in total. The van der Waals surface area contributed by atoms with Crippen LogP contribution in [-0.4, -0.2) is 0 Å². The topological polar surface area (TPSA) is 26.0 Å². The molecule has 0 amide bonds. The van der Waals surface area contributed by atoms with E-state index in [4.69, 9.17) is 5.73 Å². The van der Waals surface area contributed by atoms with Crippen LogP contribution >= 0.6 is 0 Å². The fourth-order valence-electron chi connectivity index (χ4n) is 2.93. The standard InChI is InChI=1S/C15H23N/c1-12(13-7-4-2-3-5-8-13)14-9-6-10-15(16)11-14/h6,9-13H,2-5,7-8,16H2,1H3. The van der Waals surface area contributed by atoms with Gasteiger partial charge in [0.05, 0.1) is 0 Å². The summed E-state index contributed by atoms with van der Waals surface area (Å²) in [7, 11) is 0. The van der Waals surface area contributed by atoms with Gasteiger partial charge in [0.15, 0.2) is 0 Å². The van der Waals surface area contributed by atoms with Crippen molar-refractivity contribution in [3.63, 3.8) is 0 Å². The van der Waals surface area contributed by atoms with Crippen LogP contribution in [-0.2, 0) is 0 Å². The van der Waals surface area contributed by atoms with Gasteiger partial charge in [0, 0.05) is 5.69 Å². The molecule has 1 aromatic carbocycles. The predicted molar refractivity (Wildman–Crippen MR) is 70.5 cm³/mol. The van der Waals surface area contributed by atoms with E-state index in [0.29, 0.717) is 5.92 Å². The molecule has 0 saturated heterocycles. The van der Waals surface area contributed by atoms with Crippen molar-refractivity contribution < 1.29 is 0 Å². The van der Waals surface area contributed by atoms with E-state index in [2.05, 4.69) is 25.1 Å². The lowest BCUT2D eigenvalue weighted by atomic mass is 9.83. The summed E-state index contributed by atoms with van der Waals surface area (Å²) in [5.41, 5.74) is 8.18. The molecule has 0 heterocycles. The van der Waals surface area contributed by atoms with Crippen molar-refractivity contribution in [1.82, 2.24) is 0 Å². The van der Waals surface area contributed by atoms with Gasteiger partial charge in [-0.05, 0) is 42.4 Å². The molecule has 2 rings (SSSR count). The zero-order chi connectivity index (χ0) is 11.4. The summed E-state index contributed by atoms with van der Waals surface area (Å²) in [6.45, 7) is 2.37. The minimum Gasteiger partial charge on any atom is -0.399 e. The number of rotatable bonds is 2. The maximum Gasteiger partial charge on any atom is 0.0316 e. The summed E-state index contributed by atoms with van der Waals surface area (Å²) < 4.78 is 0. The van der Waals surface area contributed by atoms with E-state index in [1.807, 2.05) is 6.07 Å². The number of benzene rings is 1. The summed E-state index contributed by atoms with van der Waals surface area (Å²) in [4.78, 5) is 0. The minimum absolute atomic E-state index is 0.668. The fraction of sp³-hybridized carbons (Fsp3) is 0.600. The molecule has 1 atom stereocenters. The molecule has 2 N–H and O–H groups in total. The Morgan fingerprint density at radius 3 is 2.44 bits per heavy atom. The quantitative estimate of drug-likeness (QED) is 0.578. The summed E-state index contributed by atoms with van der Waals surface area (Å²) in [5, 5.41) is 0. The van der Waals surface area contributed by atoms with E-state index in [0.717, 1.165) is 11.6 Å². The van der Waals surface area contributed by atoms with Crippen molar-refractivity contribution in [1.29, 1.82) is 0 Å². The summed E-state index contributed by atoms with van der Waals surface area (Å²) in [6.07, 6.45) is 8.49. The first kappa shape index (κ1) is 11.5. The van der Waals surface area contributed by atoms with Crippen molar-refractivity contribution in [2.45, 2.75) is 51.4 Å². The lowest BCUT2D eigenvalue weighted by molar-refractivity contribution is 0.394. The highest BCUT2D eigenvalue weighted by Gasteiger charge is 2.20. The molecule has 1 aliphatic carbocycles.